The van der Waals surface area contributed by atoms with Crippen LogP contribution in [0, 0.1) is 11.8 Å². The number of rotatable bonds is 7. The van der Waals surface area contributed by atoms with Crippen molar-refractivity contribution in [2.75, 3.05) is 6.61 Å². The van der Waals surface area contributed by atoms with Crippen LogP contribution >= 0.6 is 0 Å². The van der Waals surface area contributed by atoms with Crippen molar-refractivity contribution in [3.63, 3.8) is 0 Å². The van der Waals surface area contributed by atoms with Gasteiger partial charge in [-0.15, -0.1) is 0 Å². The van der Waals surface area contributed by atoms with Gasteiger partial charge in [0.05, 0.1) is 12.1 Å². The minimum Gasteiger partial charge on any atom is -0.396 e. The number of likely N-dealkylation sites (tertiary alicyclic amines) is 1. The molecule has 0 radical (unpaired) electrons. The molecule has 4 heterocycles. The summed E-state index contributed by atoms with van der Waals surface area (Å²) in [6, 6.07) is 12.9. The Kier molecular flexibility index (Phi) is 6.57. The number of fused-ring (bicyclic) bond motifs is 3. The lowest BCUT2D eigenvalue weighted by atomic mass is 9.88. The lowest BCUT2D eigenvalue weighted by molar-refractivity contribution is -0.128. The predicted molar refractivity (Wildman–Crippen MR) is 132 cm³/mol. The lowest BCUT2D eigenvalue weighted by Gasteiger charge is -2.30. The number of nitrogens with zero attached hydrogens (tertiary/aromatic N) is 4. The summed E-state index contributed by atoms with van der Waals surface area (Å²) in [4.78, 5) is 37.1. The van der Waals surface area contributed by atoms with Crippen molar-refractivity contribution < 1.29 is 9.90 Å². The predicted octanol–water partition coefficient (Wildman–Crippen LogP) is 2.15. The summed E-state index contributed by atoms with van der Waals surface area (Å²) in [5.74, 6) is -0.505. The summed E-state index contributed by atoms with van der Waals surface area (Å²) >= 11 is 0. The molecule has 1 fully saturated rings. The monoisotopic (exact) mass is 471 g/mol. The van der Waals surface area contributed by atoms with E-state index in [1.807, 2.05) is 61.5 Å². The number of benzene rings is 1. The SMILES string of the molecule is C/C=C\c1ccc2n(c1=O)C[C@H]1[C@H](CO)[C@@H](C(=O)NCc3ccccc3)N(Cc3cncnc3)[C@@H]21. The number of hydrogen-bond donors (Lipinski definition) is 2. The zero-order valence-corrected chi connectivity index (χ0v) is 19.6. The Morgan fingerprint density at radius 3 is 2.63 bits per heavy atom. The van der Waals surface area contributed by atoms with Gasteiger partial charge in [0.1, 0.15) is 6.33 Å². The number of allylic oxidation sites excluding steroid dienone is 1. The molecule has 3 aromatic rings. The zero-order chi connectivity index (χ0) is 24.4. The van der Waals surface area contributed by atoms with Crippen molar-refractivity contribution >= 4 is 12.0 Å². The molecule has 4 atom stereocenters. The molecule has 0 spiro atoms. The molecule has 2 N–H and O–H groups in total. The van der Waals surface area contributed by atoms with Crippen molar-refractivity contribution in [3.8, 4) is 0 Å². The number of nitrogens with one attached hydrogen (secondary N) is 1. The van der Waals surface area contributed by atoms with Crippen molar-refractivity contribution in [1.29, 1.82) is 0 Å². The number of aliphatic hydroxyl groups is 1. The second kappa shape index (κ2) is 9.93. The van der Waals surface area contributed by atoms with Gasteiger partial charge in [0.2, 0.25) is 5.91 Å². The average molecular weight is 472 g/mol. The van der Waals surface area contributed by atoms with Gasteiger partial charge in [-0.25, -0.2) is 9.97 Å². The van der Waals surface area contributed by atoms with Crippen molar-refractivity contribution in [1.82, 2.24) is 24.8 Å². The maximum absolute atomic E-state index is 13.6. The minimum absolute atomic E-state index is 0.0419. The van der Waals surface area contributed by atoms with Crippen LogP contribution < -0.4 is 10.9 Å². The normalized spacial score (nSPS) is 23.4. The number of amides is 1. The van der Waals surface area contributed by atoms with Crippen LogP contribution in [0.4, 0.5) is 0 Å². The summed E-state index contributed by atoms with van der Waals surface area (Å²) < 4.78 is 1.81. The van der Waals surface area contributed by atoms with Crippen LogP contribution in [0.25, 0.3) is 6.08 Å². The van der Waals surface area contributed by atoms with Crippen LogP contribution in [0.15, 0.2) is 72.1 Å². The molecule has 1 amide bonds. The fourth-order valence-electron chi connectivity index (χ4n) is 5.62. The first kappa shape index (κ1) is 23.1. The maximum atomic E-state index is 13.6. The van der Waals surface area contributed by atoms with E-state index in [9.17, 15) is 14.7 Å². The molecule has 2 aliphatic heterocycles. The largest absolute Gasteiger partial charge is 0.396 e. The summed E-state index contributed by atoms with van der Waals surface area (Å²) in [6.07, 6.45) is 8.62. The standard InChI is InChI=1S/C27H29N5O3/c1-2-6-20-9-10-23-24-21(15-31(23)27(20)35)22(16-33)25(32(24)14-19-11-28-17-29-12-19)26(34)30-13-18-7-4-3-5-8-18/h2-12,17,21-22,24-25,33H,13-16H2,1H3,(H,30,34)/b6-2-/t21-,22-,24+,25-/m0/s1. The molecule has 1 aromatic carbocycles. The Hall–Kier alpha value is -3.62. The van der Waals surface area contributed by atoms with E-state index in [0.717, 1.165) is 16.8 Å². The van der Waals surface area contributed by atoms with E-state index < -0.39 is 6.04 Å². The molecule has 180 valence electrons. The van der Waals surface area contributed by atoms with E-state index in [1.165, 1.54) is 6.33 Å². The number of aromatic nitrogens is 3. The number of carbonyl (C=O) groups excluding carboxylic acids is 1. The summed E-state index contributed by atoms with van der Waals surface area (Å²) in [7, 11) is 0. The third-order valence-electron chi connectivity index (χ3n) is 7.12. The third kappa shape index (κ3) is 4.31. The fourth-order valence-corrected chi connectivity index (χ4v) is 5.62. The van der Waals surface area contributed by atoms with Gasteiger partial charge in [0, 0.05) is 67.3 Å². The minimum atomic E-state index is -0.544. The Morgan fingerprint density at radius 2 is 1.91 bits per heavy atom. The molecule has 0 unspecified atom stereocenters. The van der Waals surface area contributed by atoms with Gasteiger partial charge in [-0.1, -0.05) is 42.5 Å². The maximum Gasteiger partial charge on any atom is 0.258 e. The lowest BCUT2D eigenvalue weighted by Crippen LogP contribution is -2.47. The van der Waals surface area contributed by atoms with Crippen molar-refractivity contribution in [2.24, 2.45) is 11.8 Å². The summed E-state index contributed by atoms with van der Waals surface area (Å²) in [6.45, 7) is 3.06. The number of hydrogen-bond acceptors (Lipinski definition) is 6. The van der Waals surface area contributed by atoms with Crippen molar-refractivity contribution in [2.45, 2.75) is 38.6 Å². The fraction of sp³-hybridized carbons (Fsp3) is 0.333. The Morgan fingerprint density at radius 1 is 1.14 bits per heavy atom. The van der Waals surface area contributed by atoms with E-state index in [4.69, 9.17) is 0 Å². The van der Waals surface area contributed by atoms with E-state index in [-0.39, 0.29) is 36.0 Å². The van der Waals surface area contributed by atoms with Crippen LogP contribution in [-0.4, -0.2) is 43.1 Å². The Balaban J connectivity index is 1.51. The van der Waals surface area contributed by atoms with Gasteiger partial charge in [-0.05, 0) is 24.6 Å². The molecule has 0 saturated carbocycles. The highest BCUT2D eigenvalue weighted by Gasteiger charge is 2.55. The second-order valence-electron chi connectivity index (χ2n) is 9.15. The van der Waals surface area contributed by atoms with E-state index >= 15 is 0 Å². The van der Waals surface area contributed by atoms with Gasteiger partial charge in [-0.2, -0.15) is 0 Å². The first-order valence-electron chi connectivity index (χ1n) is 11.9. The van der Waals surface area contributed by atoms with Gasteiger partial charge in [0.25, 0.3) is 5.56 Å². The molecule has 0 bridgehead atoms. The molecule has 0 aliphatic carbocycles. The van der Waals surface area contributed by atoms with Crippen LogP contribution in [0.1, 0.15) is 35.3 Å². The number of carbonyl (C=O) groups is 1. The molecular formula is C27H29N5O3. The van der Waals surface area contributed by atoms with Gasteiger partial charge in [0.15, 0.2) is 0 Å². The topological polar surface area (TPSA) is 100 Å². The third-order valence-corrected chi connectivity index (χ3v) is 7.12. The first-order valence-corrected chi connectivity index (χ1v) is 11.9. The average Bonchev–Trinajstić information content (AvgIpc) is 3.41. The van der Waals surface area contributed by atoms with Crippen LogP contribution in [0.3, 0.4) is 0 Å². The van der Waals surface area contributed by atoms with Crippen molar-refractivity contribution in [3.05, 3.63) is 100.0 Å². The quantitative estimate of drug-likeness (QED) is 0.548. The molecule has 35 heavy (non-hydrogen) atoms. The van der Waals surface area contributed by atoms with Gasteiger partial charge in [-0.3, -0.25) is 14.5 Å². The van der Waals surface area contributed by atoms with Crippen LogP contribution in [0.5, 0.6) is 0 Å². The molecule has 2 aromatic heterocycles. The summed E-state index contributed by atoms with van der Waals surface area (Å²) in [5, 5.41) is 13.5. The number of aliphatic hydroxyl groups excluding tert-OH is 1. The second-order valence-corrected chi connectivity index (χ2v) is 9.15. The van der Waals surface area contributed by atoms with Crippen LogP contribution in [0.2, 0.25) is 0 Å². The Labute approximate surface area is 204 Å². The highest BCUT2D eigenvalue weighted by atomic mass is 16.3. The number of pyridine rings is 1. The first-order chi connectivity index (χ1) is 17.1. The van der Waals surface area contributed by atoms with Gasteiger partial charge >= 0.3 is 0 Å². The zero-order valence-electron chi connectivity index (χ0n) is 19.6. The molecule has 2 aliphatic rings. The molecule has 5 rings (SSSR count). The molecule has 8 nitrogen and oxygen atoms in total. The van der Waals surface area contributed by atoms with E-state index in [2.05, 4.69) is 20.2 Å². The molecule has 1 saturated heterocycles. The highest BCUT2D eigenvalue weighted by Crippen LogP contribution is 2.49. The van der Waals surface area contributed by atoms with Gasteiger partial charge < -0.3 is 15.0 Å². The van der Waals surface area contributed by atoms with Crippen LogP contribution in [-0.2, 0) is 24.4 Å². The summed E-state index contributed by atoms with van der Waals surface area (Å²) in [5.41, 5.74) is 3.35. The van der Waals surface area contributed by atoms with E-state index in [0.29, 0.717) is 25.2 Å². The Bertz CT molecular complexity index is 1270. The smallest absolute Gasteiger partial charge is 0.258 e. The molecule has 8 heteroatoms. The molecular weight excluding hydrogens is 442 g/mol. The highest BCUT2D eigenvalue weighted by molar-refractivity contribution is 5.82. The van der Waals surface area contributed by atoms with E-state index in [1.54, 1.807) is 17.0 Å².